The second kappa shape index (κ2) is 8.94. The van der Waals surface area contributed by atoms with Crippen LogP contribution in [0, 0.1) is 6.92 Å². The summed E-state index contributed by atoms with van der Waals surface area (Å²) in [5, 5.41) is 3.06. The molecule has 0 unspecified atom stereocenters. The van der Waals surface area contributed by atoms with E-state index < -0.39 is 23.9 Å². The van der Waals surface area contributed by atoms with Crippen LogP contribution in [0.5, 0.6) is 0 Å². The van der Waals surface area contributed by atoms with Gasteiger partial charge in [0, 0.05) is 17.1 Å². The van der Waals surface area contributed by atoms with Crippen molar-refractivity contribution in [3.8, 4) is 0 Å². The molecule has 1 aromatic heterocycles. The van der Waals surface area contributed by atoms with E-state index in [9.17, 15) is 9.59 Å². The van der Waals surface area contributed by atoms with Gasteiger partial charge in [-0.25, -0.2) is 4.79 Å². The molecule has 1 fully saturated rings. The number of amides is 2. The first-order valence-corrected chi connectivity index (χ1v) is 12.8. The van der Waals surface area contributed by atoms with Crippen LogP contribution >= 0.6 is 11.3 Å². The van der Waals surface area contributed by atoms with Crippen LogP contribution in [0.4, 0.5) is 10.5 Å². The molecule has 0 aliphatic carbocycles. The number of carbonyl (C=O) groups is 2. The first-order chi connectivity index (χ1) is 16.2. The molecule has 2 aromatic rings. The van der Waals surface area contributed by atoms with E-state index in [-0.39, 0.29) is 12.0 Å². The van der Waals surface area contributed by atoms with Crippen LogP contribution in [0.1, 0.15) is 74.1 Å². The molecule has 188 valence electrons. The van der Waals surface area contributed by atoms with Crippen molar-refractivity contribution in [1.82, 2.24) is 4.90 Å². The lowest BCUT2D eigenvalue weighted by atomic mass is 9.76. The fourth-order valence-electron chi connectivity index (χ4n) is 4.13. The number of hydrogen-bond donors (Lipinski definition) is 1. The first kappa shape index (κ1) is 25.7. The molecule has 0 saturated carbocycles. The molecule has 0 spiro atoms. The number of carbonyl (C=O) groups excluding carboxylic acids is 2. The van der Waals surface area contributed by atoms with E-state index in [0.29, 0.717) is 24.4 Å². The lowest BCUT2D eigenvalue weighted by molar-refractivity contribution is 0.00578. The van der Waals surface area contributed by atoms with Crippen LogP contribution < -0.4 is 10.8 Å². The van der Waals surface area contributed by atoms with Crippen molar-refractivity contribution in [1.29, 1.82) is 0 Å². The Morgan fingerprint density at radius 1 is 1.14 bits per heavy atom. The number of rotatable bonds is 3. The topological polar surface area (TPSA) is 77.1 Å². The van der Waals surface area contributed by atoms with Crippen molar-refractivity contribution in [3.63, 3.8) is 0 Å². The Morgan fingerprint density at radius 2 is 1.80 bits per heavy atom. The van der Waals surface area contributed by atoms with E-state index >= 15 is 0 Å². The van der Waals surface area contributed by atoms with Crippen LogP contribution in [0.3, 0.4) is 0 Å². The Hall–Kier alpha value is -2.36. The van der Waals surface area contributed by atoms with Gasteiger partial charge in [-0.05, 0) is 90.5 Å². The maximum atomic E-state index is 13.2. The van der Waals surface area contributed by atoms with E-state index in [4.69, 9.17) is 14.0 Å². The van der Waals surface area contributed by atoms with Crippen LogP contribution in [0.25, 0.3) is 0 Å². The summed E-state index contributed by atoms with van der Waals surface area (Å²) in [5.74, 6) is -0.164. The molecule has 0 bridgehead atoms. The van der Waals surface area contributed by atoms with Gasteiger partial charge >= 0.3 is 13.2 Å². The molecule has 2 amide bonds. The summed E-state index contributed by atoms with van der Waals surface area (Å²) < 4.78 is 17.9. The predicted octanol–water partition coefficient (Wildman–Crippen LogP) is 4.90. The van der Waals surface area contributed by atoms with Crippen molar-refractivity contribution >= 4 is 41.6 Å². The standard InChI is InChI=1S/C26H35BN2O5S/c1-16-18(27-33-25(5,6)26(7,8)34-27)10-9-11-19(16)28-22(30)21-14-17-15-29(13-12-20(17)35-21)23(31)32-24(2,3)4/h9-11,14H,12-13,15H2,1-8H3,(H,28,30). The van der Waals surface area contributed by atoms with Gasteiger partial charge in [-0.2, -0.15) is 0 Å². The maximum absolute atomic E-state index is 13.2. The Morgan fingerprint density at radius 3 is 2.43 bits per heavy atom. The highest BCUT2D eigenvalue weighted by Gasteiger charge is 2.52. The van der Waals surface area contributed by atoms with Crippen LogP contribution in [0.15, 0.2) is 24.3 Å². The molecule has 9 heteroatoms. The van der Waals surface area contributed by atoms with Gasteiger partial charge in [-0.3, -0.25) is 4.79 Å². The minimum atomic E-state index is -0.538. The van der Waals surface area contributed by atoms with Gasteiger partial charge in [0.2, 0.25) is 0 Å². The average Bonchev–Trinajstić information content (AvgIpc) is 3.25. The molecule has 2 aliphatic heterocycles. The van der Waals surface area contributed by atoms with Crippen molar-refractivity contribution in [2.75, 3.05) is 11.9 Å². The molecular formula is C26H35BN2O5S. The third-order valence-corrected chi connectivity index (χ3v) is 8.11. The highest BCUT2D eigenvalue weighted by Crippen LogP contribution is 2.37. The number of anilines is 1. The van der Waals surface area contributed by atoms with Crippen molar-refractivity contribution in [2.24, 2.45) is 0 Å². The largest absolute Gasteiger partial charge is 0.495 e. The van der Waals surface area contributed by atoms with Gasteiger partial charge in [0.15, 0.2) is 0 Å². The van der Waals surface area contributed by atoms with E-state index in [2.05, 4.69) is 5.32 Å². The molecule has 1 N–H and O–H groups in total. The second-order valence-electron chi connectivity index (χ2n) is 11.3. The number of hydrogen-bond acceptors (Lipinski definition) is 6. The number of fused-ring (bicyclic) bond motifs is 1. The van der Waals surface area contributed by atoms with E-state index in [0.717, 1.165) is 27.2 Å². The number of thiophene rings is 1. The number of nitrogens with zero attached hydrogens (tertiary/aromatic N) is 1. The normalized spacial score (nSPS) is 18.9. The SMILES string of the molecule is Cc1c(NC(=O)c2cc3c(s2)CCN(C(=O)OC(C)(C)C)C3)cccc1B1OC(C)(C)C(C)(C)O1. The average molecular weight is 498 g/mol. The van der Waals surface area contributed by atoms with Crippen LogP contribution in [0.2, 0.25) is 0 Å². The molecule has 0 radical (unpaired) electrons. The van der Waals surface area contributed by atoms with Gasteiger partial charge in [0.05, 0.1) is 22.6 Å². The minimum Gasteiger partial charge on any atom is -0.444 e. The van der Waals surface area contributed by atoms with Crippen LogP contribution in [-0.2, 0) is 27.0 Å². The summed E-state index contributed by atoms with van der Waals surface area (Å²) in [7, 11) is -0.496. The molecule has 0 atom stereocenters. The third-order valence-electron chi connectivity index (χ3n) is 6.87. The van der Waals surface area contributed by atoms with E-state index in [1.54, 1.807) is 4.90 Å². The summed E-state index contributed by atoms with van der Waals surface area (Å²) in [6.45, 7) is 16.7. The number of nitrogens with one attached hydrogen (secondary N) is 1. The Labute approximate surface area is 212 Å². The van der Waals surface area contributed by atoms with Gasteiger partial charge in [-0.15, -0.1) is 11.3 Å². The molecule has 1 saturated heterocycles. The van der Waals surface area contributed by atoms with Gasteiger partial charge in [0.1, 0.15) is 5.60 Å². The zero-order chi connectivity index (χ0) is 25.8. The van der Waals surface area contributed by atoms with Crippen molar-refractivity contribution in [3.05, 3.63) is 45.1 Å². The molecule has 3 heterocycles. The molecule has 4 rings (SSSR count). The Bertz CT molecular complexity index is 1140. The van der Waals surface area contributed by atoms with Gasteiger partial charge < -0.3 is 24.3 Å². The lowest BCUT2D eigenvalue weighted by Gasteiger charge is -2.32. The van der Waals surface area contributed by atoms with E-state index in [1.165, 1.54) is 11.3 Å². The fraction of sp³-hybridized carbons (Fsp3) is 0.538. The summed E-state index contributed by atoms with van der Waals surface area (Å²) >= 11 is 1.48. The second-order valence-corrected chi connectivity index (χ2v) is 12.4. The highest BCUT2D eigenvalue weighted by atomic mass is 32.1. The summed E-state index contributed by atoms with van der Waals surface area (Å²) in [5.41, 5.74) is 2.13. The Balaban J connectivity index is 1.48. The zero-order valence-electron chi connectivity index (χ0n) is 21.9. The minimum absolute atomic E-state index is 0.164. The van der Waals surface area contributed by atoms with Gasteiger partial charge in [0.25, 0.3) is 5.91 Å². The van der Waals surface area contributed by atoms with Gasteiger partial charge in [-0.1, -0.05) is 12.1 Å². The quantitative estimate of drug-likeness (QED) is 0.610. The van der Waals surface area contributed by atoms with Crippen molar-refractivity contribution in [2.45, 2.75) is 85.2 Å². The third kappa shape index (κ3) is 5.27. The lowest BCUT2D eigenvalue weighted by Crippen LogP contribution is -2.41. The molecule has 2 aliphatic rings. The maximum Gasteiger partial charge on any atom is 0.495 e. The fourth-order valence-corrected chi connectivity index (χ4v) is 5.18. The number of benzene rings is 1. The zero-order valence-corrected chi connectivity index (χ0v) is 22.7. The van der Waals surface area contributed by atoms with Crippen LogP contribution in [-0.4, -0.2) is 47.4 Å². The molecule has 35 heavy (non-hydrogen) atoms. The molecule has 7 nitrogen and oxygen atoms in total. The first-order valence-electron chi connectivity index (χ1n) is 12.0. The predicted molar refractivity (Wildman–Crippen MR) is 140 cm³/mol. The Kier molecular flexibility index (Phi) is 6.57. The monoisotopic (exact) mass is 498 g/mol. The highest BCUT2D eigenvalue weighted by molar-refractivity contribution is 7.14. The summed E-state index contributed by atoms with van der Waals surface area (Å²) in [6, 6.07) is 7.66. The van der Waals surface area contributed by atoms with Crippen molar-refractivity contribution < 1.29 is 23.6 Å². The summed E-state index contributed by atoms with van der Waals surface area (Å²) in [4.78, 5) is 29.1. The number of ether oxygens (including phenoxy) is 1. The van der Waals surface area contributed by atoms with E-state index in [1.807, 2.05) is 79.7 Å². The molecular weight excluding hydrogens is 463 g/mol. The summed E-state index contributed by atoms with van der Waals surface area (Å²) in [6.07, 6.45) is 0.388. The smallest absolute Gasteiger partial charge is 0.444 e. The molecule has 1 aromatic carbocycles.